The molecule has 3 aromatic rings. The van der Waals surface area contributed by atoms with E-state index in [1.165, 1.54) is 0 Å². The molecule has 0 aliphatic carbocycles. The van der Waals surface area contributed by atoms with Crippen LogP contribution in [0.3, 0.4) is 0 Å². The average Bonchev–Trinajstić information content (AvgIpc) is 3.57. The lowest BCUT2D eigenvalue weighted by molar-refractivity contribution is -0.136. The van der Waals surface area contributed by atoms with Crippen molar-refractivity contribution >= 4 is 23.3 Å². The molecule has 0 bridgehead atoms. The summed E-state index contributed by atoms with van der Waals surface area (Å²) in [5.41, 5.74) is 1.60. The number of anilines is 2. The fourth-order valence-electron chi connectivity index (χ4n) is 4.72. The number of rotatable bonds is 7. The molecule has 0 radical (unpaired) electrons. The Hall–Kier alpha value is -3.95. The van der Waals surface area contributed by atoms with Crippen LogP contribution >= 0.6 is 0 Å². The third kappa shape index (κ3) is 5.28. The van der Waals surface area contributed by atoms with Gasteiger partial charge in [-0.1, -0.05) is 19.0 Å². The van der Waals surface area contributed by atoms with E-state index in [0.29, 0.717) is 51.0 Å². The fraction of sp³-hybridized carbons (Fsp3) is 0.444. The van der Waals surface area contributed by atoms with Crippen molar-refractivity contribution in [2.75, 3.05) is 49.1 Å². The van der Waals surface area contributed by atoms with Gasteiger partial charge in [-0.25, -0.2) is 4.98 Å². The topological polar surface area (TPSA) is 105 Å². The van der Waals surface area contributed by atoms with Crippen molar-refractivity contribution in [2.24, 2.45) is 5.92 Å². The first-order valence-electron chi connectivity index (χ1n) is 12.8. The van der Waals surface area contributed by atoms with Crippen LogP contribution in [0.4, 0.5) is 11.5 Å². The van der Waals surface area contributed by atoms with Gasteiger partial charge in [0.05, 0.1) is 12.5 Å². The highest BCUT2D eigenvalue weighted by atomic mass is 16.5. The quantitative estimate of drug-likeness (QED) is 0.482. The minimum atomic E-state index is -0.325. The Labute approximate surface area is 216 Å². The molecule has 2 aliphatic rings. The third-order valence-corrected chi connectivity index (χ3v) is 6.79. The molecule has 2 aromatic heterocycles. The summed E-state index contributed by atoms with van der Waals surface area (Å²) in [7, 11) is 0. The molecule has 37 heavy (non-hydrogen) atoms. The lowest BCUT2D eigenvalue weighted by Crippen LogP contribution is -2.51. The van der Waals surface area contributed by atoms with Gasteiger partial charge >= 0.3 is 0 Å². The van der Waals surface area contributed by atoms with E-state index in [9.17, 15) is 9.59 Å². The number of aromatic nitrogens is 3. The molecular weight excluding hydrogens is 472 g/mol. The summed E-state index contributed by atoms with van der Waals surface area (Å²) in [6.07, 6.45) is 1.99. The van der Waals surface area contributed by atoms with E-state index in [0.717, 1.165) is 22.8 Å². The van der Waals surface area contributed by atoms with Crippen molar-refractivity contribution in [3.63, 3.8) is 0 Å². The molecule has 2 aliphatic heterocycles. The molecule has 1 unspecified atom stereocenters. The highest BCUT2D eigenvalue weighted by Crippen LogP contribution is 2.29. The van der Waals surface area contributed by atoms with E-state index in [4.69, 9.17) is 9.26 Å². The summed E-state index contributed by atoms with van der Waals surface area (Å²) in [5, 5.41) is 4.04. The first-order valence-corrected chi connectivity index (χ1v) is 12.8. The second-order valence-corrected chi connectivity index (χ2v) is 9.66. The maximum Gasteiger partial charge on any atom is 0.229 e. The zero-order chi connectivity index (χ0) is 25.9. The van der Waals surface area contributed by atoms with E-state index in [1.807, 2.05) is 62.1 Å². The standard InChI is InChI=1S/C27H32N6O4/c1-4-36-22-8-6-21(7-9-22)33-17-20(15-24(33)34)27(35)32-13-11-31(12-14-32)23-10-5-19(16-28-23)25-29-26(18(2)3)37-30-25/h5-10,16,18,20H,4,11-15,17H2,1-3H3. The Kier molecular flexibility index (Phi) is 7.07. The molecule has 5 rings (SSSR count). The molecule has 0 saturated carbocycles. The van der Waals surface area contributed by atoms with Crippen LogP contribution in [-0.2, 0) is 9.59 Å². The maximum absolute atomic E-state index is 13.2. The van der Waals surface area contributed by atoms with Gasteiger partial charge in [0.1, 0.15) is 11.6 Å². The van der Waals surface area contributed by atoms with Crippen molar-refractivity contribution < 1.29 is 18.8 Å². The minimum Gasteiger partial charge on any atom is -0.494 e. The molecule has 0 N–H and O–H groups in total. The fourth-order valence-corrected chi connectivity index (χ4v) is 4.72. The highest BCUT2D eigenvalue weighted by Gasteiger charge is 2.38. The van der Waals surface area contributed by atoms with E-state index in [1.54, 1.807) is 11.1 Å². The van der Waals surface area contributed by atoms with Gasteiger partial charge in [-0.2, -0.15) is 4.98 Å². The van der Waals surface area contributed by atoms with Crippen LogP contribution in [0.5, 0.6) is 5.75 Å². The minimum absolute atomic E-state index is 0.0208. The largest absolute Gasteiger partial charge is 0.494 e. The van der Waals surface area contributed by atoms with Gasteiger partial charge in [0, 0.05) is 62.5 Å². The Morgan fingerprint density at radius 3 is 2.49 bits per heavy atom. The molecule has 2 fully saturated rings. The van der Waals surface area contributed by atoms with Crippen LogP contribution in [0.1, 0.15) is 39.0 Å². The molecule has 0 spiro atoms. The van der Waals surface area contributed by atoms with Crippen molar-refractivity contribution in [1.29, 1.82) is 0 Å². The zero-order valence-electron chi connectivity index (χ0n) is 21.5. The smallest absolute Gasteiger partial charge is 0.229 e. The molecule has 10 heteroatoms. The number of hydrogen-bond donors (Lipinski definition) is 0. The van der Waals surface area contributed by atoms with Gasteiger partial charge in [0.2, 0.25) is 23.5 Å². The SMILES string of the molecule is CCOc1ccc(N2CC(C(=O)N3CCN(c4ccc(-c5noc(C(C)C)n5)cn4)CC3)CC2=O)cc1. The van der Waals surface area contributed by atoms with E-state index >= 15 is 0 Å². The summed E-state index contributed by atoms with van der Waals surface area (Å²) in [5.74, 6) is 2.62. The van der Waals surface area contributed by atoms with Crippen molar-refractivity contribution in [3.05, 3.63) is 48.5 Å². The molecule has 4 heterocycles. The van der Waals surface area contributed by atoms with Gasteiger partial charge in [-0.15, -0.1) is 0 Å². The van der Waals surface area contributed by atoms with Gasteiger partial charge in [0.15, 0.2) is 0 Å². The normalized spacial score (nSPS) is 18.1. The summed E-state index contributed by atoms with van der Waals surface area (Å²) < 4.78 is 10.8. The molecule has 194 valence electrons. The lowest BCUT2D eigenvalue weighted by atomic mass is 10.1. The Bertz CT molecular complexity index is 1230. The molecule has 10 nitrogen and oxygen atoms in total. The number of hydrogen-bond acceptors (Lipinski definition) is 8. The number of ether oxygens (including phenoxy) is 1. The maximum atomic E-state index is 13.2. The van der Waals surface area contributed by atoms with E-state index < -0.39 is 0 Å². The van der Waals surface area contributed by atoms with E-state index in [2.05, 4.69) is 20.0 Å². The van der Waals surface area contributed by atoms with Gasteiger partial charge in [-0.05, 0) is 43.3 Å². The van der Waals surface area contributed by atoms with Gasteiger partial charge in [-0.3, -0.25) is 9.59 Å². The first-order chi connectivity index (χ1) is 17.9. The average molecular weight is 505 g/mol. The van der Waals surface area contributed by atoms with Crippen LogP contribution < -0.4 is 14.5 Å². The second-order valence-electron chi connectivity index (χ2n) is 9.66. The molecule has 1 aromatic carbocycles. The van der Waals surface area contributed by atoms with Crippen LogP contribution in [0.15, 0.2) is 47.1 Å². The number of pyridine rings is 1. The number of benzene rings is 1. The highest BCUT2D eigenvalue weighted by molar-refractivity contribution is 6.00. The molecule has 2 saturated heterocycles. The van der Waals surface area contributed by atoms with Crippen molar-refractivity contribution in [3.8, 4) is 17.1 Å². The number of nitrogens with zero attached hydrogens (tertiary/aromatic N) is 6. The number of carbonyl (C=O) groups excluding carboxylic acids is 2. The first kappa shape index (κ1) is 24.7. The predicted octanol–water partition coefficient (Wildman–Crippen LogP) is 3.36. The molecular formula is C27H32N6O4. The van der Waals surface area contributed by atoms with Gasteiger partial charge < -0.3 is 24.0 Å². The van der Waals surface area contributed by atoms with Crippen LogP contribution in [0.2, 0.25) is 0 Å². The molecule has 2 amide bonds. The predicted molar refractivity (Wildman–Crippen MR) is 138 cm³/mol. The number of amides is 2. The summed E-state index contributed by atoms with van der Waals surface area (Å²) in [6, 6.07) is 11.3. The molecule has 1 atom stereocenters. The van der Waals surface area contributed by atoms with Crippen LogP contribution in [0.25, 0.3) is 11.4 Å². The van der Waals surface area contributed by atoms with Gasteiger partial charge in [0.25, 0.3) is 0 Å². The Morgan fingerprint density at radius 2 is 1.86 bits per heavy atom. The Morgan fingerprint density at radius 1 is 1.11 bits per heavy atom. The monoisotopic (exact) mass is 504 g/mol. The summed E-state index contributed by atoms with van der Waals surface area (Å²) in [6.45, 7) is 9.49. The number of piperazine rings is 1. The summed E-state index contributed by atoms with van der Waals surface area (Å²) in [4.78, 5) is 40.7. The summed E-state index contributed by atoms with van der Waals surface area (Å²) >= 11 is 0. The van der Waals surface area contributed by atoms with Crippen LogP contribution in [0, 0.1) is 5.92 Å². The Balaban J connectivity index is 1.15. The van der Waals surface area contributed by atoms with E-state index in [-0.39, 0.29) is 30.1 Å². The lowest BCUT2D eigenvalue weighted by Gasteiger charge is -2.36. The van der Waals surface area contributed by atoms with Crippen molar-refractivity contribution in [1.82, 2.24) is 20.0 Å². The number of carbonyl (C=O) groups is 2. The second kappa shape index (κ2) is 10.6. The third-order valence-electron chi connectivity index (χ3n) is 6.79. The zero-order valence-corrected chi connectivity index (χ0v) is 21.5. The van der Waals surface area contributed by atoms with Crippen LogP contribution in [-0.4, -0.2) is 71.2 Å². The van der Waals surface area contributed by atoms with Crippen molar-refractivity contribution in [2.45, 2.75) is 33.1 Å².